The van der Waals surface area contributed by atoms with Crippen LogP contribution in [0.5, 0.6) is 5.75 Å². The van der Waals surface area contributed by atoms with E-state index in [4.69, 9.17) is 32.7 Å². The maximum absolute atomic E-state index is 13.2. The van der Waals surface area contributed by atoms with Crippen molar-refractivity contribution in [2.75, 3.05) is 14.2 Å². The number of ketones is 1. The predicted octanol–water partition coefficient (Wildman–Crippen LogP) is 4.78. The SMILES string of the molecule is COC(=O)C1=C(C)NC2=C(C(=O)CC(C)(C)C2)[C@H]1c1cc(Cl)cc(Cl)c1OC. The fourth-order valence-corrected chi connectivity index (χ4v) is 4.72. The van der Waals surface area contributed by atoms with E-state index in [2.05, 4.69) is 19.2 Å². The first-order valence-electron chi connectivity index (χ1n) is 8.95. The van der Waals surface area contributed by atoms with Gasteiger partial charge in [-0.1, -0.05) is 37.0 Å². The van der Waals surface area contributed by atoms with Crippen molar-refractivity contribution >= 4 is 35.0 Å². The number of carbonyl (C=O) groups is 2. The van der Waals surface area contributed by atoms with Crippen LogP contribution < -0.4 is 10.1 Å². The van der Waals surface area contributed by atoms with Gasteiger partial charge in [-0.3, -0.25) is 4.79 Å². The topological polar surface area (TPSA) is 64.6 Å². The third-order valence-electron chi connectivity index (χ3n) is 5.20. The molecular weight excluding hydrogens is 401 g/mol. The number of methoxy groups -OCH3 is 2. The quantitative estimate of drug-likeness (QED) is 0.708. The monoisotopic (exact) mass is 423 g/mol. The number of benzene rings is 1. The van der Waals surface area contributed by atoms with Gasteiger partial charge in [0.1, 0.15) is 5.75 Å². The molecular formula is C21H23Cl2NO4. The maximum atomic E-state index is 13.2. The van der Waals surface area contributed by atoms with E-state index in [9.17, 15) is 9.59 Å². The molecule has 0 unspecified atom stereocenters. The molecule has 0 amide bonds. The van der Waals surface area contributed by atoms with E-state index in [-0.39, 0.29) is 11.2 Å². The molecule has 0 bridgehead atoms. The molecule has 5 nitrogen and oxygen atoms in total. The normalized spacial score (nSPS) is 21.2. The summed E-state index contributed by atoms with van der Waals surface area (Å²) >= 11 is 12.6. The van der Waals surface area contributed by atoms with Gasteiger partial charge >= 0.3 is 5.97 Å². The van der Waals surface area contributed by atoms with Crippen LogP contribution in [0.15, 0.2) is 34.7 Å². The fourth-order valence-electron chi connectivity index (χ4n) is 4.14. The minimum absolute atomic E-state index is 0.0178. The van der Waals surface area contributed by atoms with Crippen molar-refractivity contribution in [3.05, 3.63) is 50.3 Å². The highest BCUT2D eigenvalue weighted by molar-refractivity contribution is 6.35. The van der Waals surface area contributed by atoms with Crippen molar-refractivity contribution in [3.8, 4) is 5.75 Å². The maximum Gasteiger partial charge on any atom is 0.336 e. The first kappa shape index (κ1) is 20.7. The van der Waals surface area contributed by atoms with Gasteiger partial charge in [-0.2, -0.15) is 0 Å². The highest BCUT2D eigenvalue weighted by Crippen LogP contribution is 2.50. The number of Topliss-reactive ketones (excluding diaryl/α,β-unsaturated/α-hetero) is 1. The smallest absolute Gasteiger partial charge is 0.336 e. The number of rotatable bonds is 3. The van der Waals surface area contributed by atoms with Crippen molar-refractivity contribution < 1.29 is 19.1 Å². The van der Waals surface area contributed by atoms with E-state index in [1.165, 1.54) is 14.2 Å². The lowest BCUT2D eigenvalue weighted by molar-refractivity contribution is -0.136. The zero-order valence-corrected chi connectivity index (χ0v) is 18.0. The molecule has 1 heterocycles. The van der Waals surface area contributed by atoms with Crippen LogP contribution in [0, 0.1) is 5.41 Å². The molecule has 1 aromatic rings. The average molecular weight is 424 g/mol. The standard InChI is InChI=1S/C21H23Cl2NO4/c1-10-16(20(26)28-5)17(12-6-11(22)7-13(23)19(12)27-4)18-14(24-10)8-21(2,3)9-15(18)25/h6-7,17,24H,8-9H2,1-5H3/t17-/m0/s1. The van der Waals surface area contributed by atoms with Crippen molar-refractivity contribution in [2.45, 2.75) is 39.5 Å². The van der Waals surface area contributed by atoms with E-state index < -0.39 is 11.9 Å². The molecule has 0 aromatic heterocycles. The molecule has 0 saturated carbocycles. The number of nitrogens with one attached hydrogen (secondary N) is 1. The van der Waals surface area contributed by atoms with E-state index in [0.717, 1.165) is 5.70 Å². The number of carbonyl (C=O) groups excluding carboxylic acids is 2. The van der Waals surface area contributed by atoms with E-state index in [0.29, 0.717) is 51.0 Å². The van der Waals surface area contributed by atoms with E-state index in [1.54, 1.807) is 19.1 Å². The molecule has 1 aromatic carbocycles. The van der Waals surface area contributed by atoms with Gasteiger partial charge in [-0.25, -0.2) is 4.79 Å². The van der Waals surface area contributed by atoms with E-state index in [1.807, 2.05) is 0 Å². The largest absolute Gasteiger partial charge is 0.495 e. The molecule has 1 aliphatic carbocycles. The summed E-state index contributed by atoms with van der Waals surface area (Å²) in [5.74, 6) is -0.816. The molecule has 2 aliphatic rings. The van der Waals surface area contributed by atoms with Gasteiger partial charge in [0.25, 0.3) is 0 Å². The second-order valence-corrected chi connectivity index (χ2v) is 8.78. The zero-order valence-electron chi connectivity index (χ0n) is 16.5. The Morgan fingerprint density at radius 2 is 1.89 bits per heavy atom. The molecule has 0 spiro atoms. The average Bonchev–Trinajstić information content (AvgIpc) is 2.58. The van der Waals surface area contributed by atoms with Crippen LogP contribution in [-0.2, 0) is 14.3 Å². The summed E-state index contributed by atoms with van der Waals surface area (Å²) in [6.45, 7) is 5.90. The van der Waals surface area contributed by atoms with Gasteiger partial charge in [0.2, 0.25) is 0 Å². The number of halogens is 2. The van der Waals surface area contributed by atoms with Gasteiger partial charge in [0.15, 0.2) is 5.78 Å². The summed E-state index contributed by atoms with van der Waals surface area (Å²) in [5, 5.41) is 3.98. The Morgan fingerprint density at radius 3 is 2.50 bits per heavy atom. The van der Waals surface area contributed by atoms with Crippen LogP contribution in [0.2, 0.25) is 10.0 Å². The number of allylic oxidation sites excluding steroid dienone is 3. The summed E-state index contributed by atoms with van der Waals surface area (Å²) in [4.78, 5) is 25.9. The van der Waals surface area contributed by atoms with Crippen LogP contribution in [0.25, 0.3) is 0 Å². The summed E-state index contributed by atoms with van der Waals surface area (Å²) in [6, 6.07) is 3.26. The first-order valence-corrected chi connectivity index (χ1v) is 9.70. The van der Waals surface area contributed by atoms with Gasteiger partial charge in [-0.15, -0.1) is 0 Å². The Bertz CT molecular complexity index is 931. The third-order valence-corrected chi connectivity index (χ3v) is 5.70. The Kier molecular flexibility index (Phi) is 5.52. The minimum atomic E-state index is -0.668. The van der Waals surface area contributed by atoms with Crippen LogP contribution in [-0.4, -0.2) is 26.0 Å². The Morgan fingerprint density at radius 1 is 1.21 bits per heavy atom. The van der Waals surface area contributed by atoms with Crippen LogP contribution >= 0.6 is 23.2 Å². The number of hydrogen-bond acceptors (Lipinski definition) is 5. The summed E-state index contributed by atoms with van der Waals surface area (Å²) in [6.07, 6.45) is 1.07. The summed E-state index contributed by atoms with van der Waals surface area (Å²) in [5.41, 5.74) is 2.75. The van der Waals surface area contributed by atoms with Gasteiger partial charge in [-0.05, 0) is 30.9 Å². The second kappa shape index (κ2) is 7.45. The van der Waals surface area contributed by atoms with Gasteiger partial charge < -0.3 is 14.8 Å². The predicted molar refractivity (Wildman–Crippen MR) is 109 cm³/mol. The van der Waals surface area contributed by atoms with Crippen LogP contribution in [0.4, 0.5) is 0 Å². The lowest BCUT2D eigenvalue weighted by atomic mass is 9.68. The highest BCUT2D eigenvalue weighted by Gasteiger charge is 2.44. The number of ether oxygens (including phenoxy) is 2. The van der Waals surface area contributed by atoms with Crippen molar-refractivity contribution in [1.82, 2.24) is 5.32 Å². The third kappa shape index (κ3) is 3.53. The first-order chi connectivity index (χ1) is 13.1. The Hall–Kier alpha value is -1.98. The summed E-state index contributed by atoms with van der Waals surface area (Å²) < 4.78 is 10.5. The lowest BCUT2D eigenvalue weighted by Crippen LogP contribution is -2.38. The van der Waals surface area contributed by atoms with Crippen molar-refractivity contribution in [1.29, 1.82) is 0 Å². The molecule has 1 atom stereocenters. The van der Waals surface area contributed by atoms with Crippen LogP contribution in [0.3, 0.4) is 0 Å². The zero-order chi connectivity index (χ0) is 20.8. The molecule has 7 heteroatoms. The number of dihydropyridines is 1. The Balaban J connectivity index is 2.32. The number of esters is 1. The molecule has 0 radical (unpaired) electrons. The molecule has 150 valence electrons. The second-order valence-electron chi connectivity index (χ2n) is 7.93. The van der Waals surface area contributed by atoms with Gasteiger partial charge in [0.05, 0.1) is 30.7 Å². The summed E-state index contributed by atoms with van der Waals surface area (Å²) in [7, 11) is 2.81. The molecule has 0 fully saturated rings. The molecule has 28 heavy (non-hydrogen) atoms. The lowest BCUT2D eigenvalue weighted by Gasteiger charge is -2.39. The fraction of sp³-hybridized carbons (Fsp3) is 0.429. The molecule has 0 saturated heterocycles. The van der Waals surface area contributed by atoms with Crippen LogP contribution in [0.1, 0.15) is 45.1 Å². The molecule has 1 N–H and O–H groups in total. The van der Waals surface area contributed by atoms with Gasteiger partial charge in [0, 0.05) is 34.0 Å². The van der Waals surface area contributed by atoms with Crippen molar-refractivity contribution in [2.24, 2.45) is 5.41 Å². The number of hydrogen-bond donors (Lipinski definition) is 1. The molecule has 1 aliphatic heterocycles. The highest BCUT2D eigenvalue weighted by atomic mass is 35.5. The Labute approximate surface area is 174 Å². The van der Waals surface area contributed by atoms with Crippen molar-refractivity contribution in [3.63, 3.8) is 0 Å². The minimum Gasteiger partial charge on any atom is -0.495 e. The van der Waals surface area contributed by atoms with E-state index >= 15 is 0 Å². The molecule has 3 rings (SSSR count).